The number of rotatable bonds is 4. The van der Waals surface area contributed by atoms with Crippen LogP contribution >= 0.6 is 0 Å². The molecule has 98 valence electrons. The highest BCUT2D eigenvalue weighted by Crippen LogP contribution is 2.22. The van der Waals surface area contributed by atoms with Gasteiger partial charge in [0.05, 0.1) is 18.8 Å². The average Bonchev–Trinajstić information content (AvgIpc) is 2.89. The van der Waals surface area contributed by atoms with Crippen molar-refractivity contribution in [2.45, 2.75) is 13.3 Å². The van der Waals surface area contributed by atoms with Gasteiger partial charge in [0.15, 0.2) is 5.84 Å². The first-order chi connectivity index (χ1) is 8.70. The second kappa shape index (κ2) is 5.73. The van der Waals surface area contributed by atoms with Crippen LogP contribution in [0.15, 0.2) is 23.4 Å². The van der Waals surface area contributed by atoms with Crippen LogP contribution < -0.4 is 10.5 Å². The summed E-state index contributed by atoms with van der Waals surface area (Å²) in [5.41, 5.74) is 7.30. The van der Waals surface area contributed by atoms with Gasteiger partial charge in [-0.1, -0.05) is 16.8 Å². The zero-order chi connectivity index (χ0) is 13.0. The lowest BCUT2D eigenvalue weighted by Gasteiger charge is -2.14. The molecule has 3 N–H and O–H groups in total. The van der Waals surface area contributed by atoms with E-state index in [0.717, 1.165) is 25.2 Å². The van der Waals surface area contributed by atoms with E-state index in [1.807, 2.05) is 25.1 Å². The molecule has 1 aliphatic heterocycles. The monoisotopic (exact) mass is 250 g/mol. The van der Waals surface area contributed by atoms with Gasteiger partial charge in [-0.15, -0.1) is 0 Å². The van der Waals surface area contributed by atoms with Crippen molar-refractivity contribution in [3.05, 3.63) is 29.3 Å². The summed E-state index contributed by atoms with van der Waals surface area (Å²) >= 11 is 0. The third-order valence-electron chi connectivity index (χ3n) is 3.02. The summed E-state index contributed by atoms with van der Waals surface area (Å²) in [6.07, 6.45) is 1.02. The number of amidine groups is 1. The Morgan fingerprint density at radius 1 is 1.61 bits per heavy atom. The number of ether oxygens (including phenoxy) is 2. The topological polar surface area (TPSA) is 77.1 Å². The summed E-state index contributed by atoms with van der Waals surface area (Å²) < 4.78 is 11.0. The fraction of sp³-hybridized carbons (Fsp3) is 0.462. The maximum Gasteiger partial charge on any atom is 0.173 e. The van der Waals surface area contributed by atoms with E-state index in [1.165, 1.54) is 0 Å². The Balaban J connectivity index is 2.10. The maximum atomic E-state index is 8.77. The van der Waals surface area contributed by atoms with Crippen LogP contribution in [-0.4, -0.2) is 30.9 Å². The second-order valence-corrected chi connectivity index (χ2v) is 4.53. The van der Waals surface area contributed by atoms with Crippen molar-refractivity contribution in [2.75, 3.05) is 19.8 Å². The number of hydrogen-bond donors (Lipinski definition) is 2. The Labute approximate surface area is 106 Å². The molecule has 1 fully saturated rings. The third-order valence-corrected chi connectivity index (χ3v) is 3.02. The Kier molecular flexibility index (Phi) is 4.04. The molecule has 1 aliphatic rings. The van der Waals surface area contributed by atoms with Crippen LogP contribution in [0.1, 0.15) is 17.5 Å². The first-order valence-electron chi connectivity index (χ1n) is 6.00. The van der Waals surface area contributed by atoms with Gasteiger partial charge < -0.3 is 20.4 Å². The zero-order valence-electron chi connectivity index (χ0n) is 10.4. The smallest absolute Gasteiger partial charge is 0.173 e. The van der Waals surface area contributed by atoms with E-state index in [4.69, 9.17) is 20.4 Å². The molecule has 2 rings (SSSR count). The molecule has 0 aliphatic carbocycles. The number of hydrogen-bond acceptors (Lipinski definition) is 4. The number of oxime groups is 1. The second-order valence-electron chi connectivity index (χ2n) is 4.53. The minimum absolute atomic E-state index is 0.0661. The lowest BCUT2D eigenvalue weighted by Crippen LogP contribution is -2.17. The Morgan fingerprint density at radius 3 is 3.11 bits per heavy atom. The van der Waals surface area contributed by atoms with Crippen LogP contribution in [0.3, 0.4) is 0 Å². The van der Waals surface area contributed by atoms with Gasteiger partial charge >= 0.3 is 0 Å². The highest BCUT2D eigenvalue weighted by molar-refractivity contribution is 5.99. The van der Waals surface area contributed by atoms with Crippen LogP contribution in [0.25, 0.3) is 0 Å². The molecule has 0 amide bonds. The van der Waals surface area contributed by atoms with Crippen LogP contribution in [0, 0.1) is 12.8 Å². The molecule has 0 spiro atoms. The fourth-order valence-corrected chi connectivity index (χ4v) is 1.95. The van der Waals surface area contributed by atoms with E-state index >= 15 is 0 Å². The Morgan fingerprint density at radius 2 is 2.44 bits per heavy atom. The van der Waals surface area contributed by atoms with Crippen molar-refractivity contribution in [1.29, 1.82) is 0 Å². The molecule has 0 aromatic heterocycles. The molecular formula is C13H18N2O3. The van der Waals surface area contributed by atoms with Crippen LogP contribution in [0.2, 0.25) is 0 Å². The van der Waals surface area contributed by atoms with E-state index in [1.54, 1.807) is 0 Å². The van der Waals surface area contributed by atoms with Crippen LogP contribution in [0.5, 0.6) is 5.75 Å². The number of benzene rings is 1. The van der Waals surface area contributed by atoms with Crippen molar-refractivity contribution in [3.8, 4) is 5.75 Å². The lowest BCUT2D eigenvalue weighted by molar-refractivity contribution is 0.167. The van der Waals surface area contributed by atoms with Crippen molar-refractivity contribution in [2.24, 2.45) is 16.8 Å². The van der Waals surface area contributed by atoms with Gasteiger partial charge in [0.1, 0.15) is 5.75 Å². The fourth-order valence-electron chi connectivity index (χ4n) is 1.95. The minimum Gasteiger partial charge on any atom is -0.492 e. The van der Waals surface area contributed by atoms with Gasteiger partial charge in [-0.25, -0.2) is 0 Å². The van der Waals surface area contributed by atoms with Gasteiger partial charge in [0.25, 0.3) is 0 Å². The molecule has 5 nitrogen and oxygen atoms in total. The molecule has 18 heavy (non-hydrogen) atoms. The Hall–Kier alpha value is -1.75. The van der Waals surface area contributed by atoms with Gasteiger partial charge in [0.2, 0.25) is 0 Å². The van der Waals surface area contributed by atoms with Crippen molar-refractivity contribution in [1.82, 2.24) is 0 Å². The van der Waals surface area contributed by atoms with E-state index < -0.39 is 0 Å². The summed E-state index contributed by atoms with van der Waals surface area (Å²) in [5.74, 6) is 1.13. The number of nitrogens with two attached hydrogens (primary N) is 1. The largest absolute Gasteiger partial charge is 0.492 e. The van der Waals surface area contributed by atoms with Crippen LogP contribution in [0.4, 0.5) is 0 Å². The average molecular weight is 250 g/mol. The standard InChI is InChI=1S/C13H18N2O3/c1-9-2-3-12(11(6-9)13(14)15-16)18-8-10-4-5-17-7-10/h2-3,6,10,16H,4-5,7-8H2,1H3,(H2,14,15). The van der Waals surface area contributed by atoms with E-state index in [9.17, 15) is 0 Å². The lowest BCUT2D eigenvalue weighted by atomic mass is 10.1. The van der Waals surface area contributed by atoms with Crippen molar-refractivity contribution < 1.29 is 14.7 Å². The molecule has 1 aromatic rings. The highest BCUT2D eigenvalue weighted by atomic mass is 16.5. The predicted octanol–water partition coefficient (Wildman–Crippen LogP) is 1.50. The molecule has 0 saturated carbocycles. The zero-order valence-corrected chi connectivity index (χ0v) is 10.4. The quantitative estimate of drug-likeness (QED) is 0.367. The van der Waals surface area contributed by atoms with Crippen molar-refractivity contribution >= 4 is 5.84 Å². The number of aryl methyl sites for hydroxylation is 1. The summed E-state index contributed by atoms with van der Waals surface area (Å²) in [5, 5.41) is 11.8. The molecule has 1 aromatic carbocycles. The summed E-state index contributed by atoms with van der Waals surface area (Å²) in [6.45, 7) is 4.08. The maximum absolute atomic E-state index is 8.77. The predicted molar refractivity (Wildman–Crippen MR) is 68.1 cm³/mol. The minimum atomic E-state index is 0.0661. The molecule has 1 atom stereocenters. The molecule has 5 heteroatoms. The highest BCUT2D eigenvalue weighted by Gasteiger charge is 2.17. The Bertz CT molecular complexity index is 440. The number of nitrogens with zero attached hydrogens (tertiary/aromatic N) is 1. The summed E-state index contributed by atoms with van der Waals surface area (Å²) in [7, 11) is 0. The molecule has 0 radical (unpaired) electrons. The summed E-state index contributed by atoms with van der Waals surface area (Å²) in [6, 6.07) is 5.63. The van der Waals surface area contributed by atoms with E-state index in [2.05, 4.69) is 5.16 Å². The first kappa shape index (κ1) is 12.7. The molecule has 1 heterocycles. The molecule has 1 unspecified atom stereocenters. The SMILES string of the molecule is Cc1ccc(OCC2CCOC2)c(/C(N)=N/O)c1. The third kappa shape index (κ3) is 2.92. The normalized spacial score (nSPS) is 20.1. The molecular weight excluding hydrogens is 232 g/mol. The van der Waals surface area contributed by atoms with Crippen LogP contribution in [-0.2, 0) is 4.74 Å². The summed E-state index contributed by atoms with van der Waals surface area (Å²) in [4.78, 5) is 0. The van der Waals surface area contributed by atoms with E-state index in [0.29, 0.717) is 23.8 Å². The van der Waals surface area contributed by atoms with Crippen molar-refractivity contribution in [3.63, 3.8) is 0 Å². The van der Waals surface area contributed by atoms with Gasteiger partial charge in [-0.2, -0.15) is 0 Å². The molecule has 0 bridgehead atoms. The molecule has 1 saturated heterocycles. The van der Waals surface area contributed by atoms with Gasteiger partial charge in [-0.3, -0.25) is 0 Å². The van der Waals surface area contributed by atoms with E-state index in [-0.39, 0.29) is 5.84 Å². The van der Waals surface area contributed by atoms with Gasteiger partial charge in [0, 0.05) is 12.5 Å². The first-order valence-corrected chi connectivity index (χ1v) is 6.00. The van der Waals surface area contributed by atoms with Gasteiger partial charge in [-0.05, 0) is 25.5 Å².